The molecule has 2 aromatic carbocycles. The summed E-state index contributed by atoms with van der Waals surface area (Å²) >= 11 is 0. The van der Waals surface area contributed by atoms with Gasteiger partial charge in [0.2, 0.25) is 0 Å². The topological polar surface area (TPSA) is 33.9 Å². The standard InChI is InChI=1S/C25H35NO2/c1-2-3-10-19-28-23-15-13-22(14-16-23)25(27)24(21-11-6-4-7-12-21)20-26-17-8-5-9-18-26/h4,6-7,11-16,24-25,27H,2-3,5,8-10,17-20H2,1H3/p+1/t24-,25-/m1/s1. The lowest BCUT2D eigenvalue weighted by atomic mass is 9.88. The van der Waals surface area contributed by atoms with Crippen molar-refractivity contribution in [1.29, 1.82) is 0 Å². The molecule has 0 radical (unpaired) electrons. The van der Waals surface area contributed by atoms with Gasteiger partial charge < -0.3 is 14.7 Å². The summed E-state index contributed by atoms with van der Waals surface area (Å²) in [4.78, 5) is 1.62. The molecule has 0 saturated carbocycles. The van der Waals surface area contributed by atoms with Crippen LogP contribution in [-0.4, -0.2) is 31.3 Å². The maximum atomic E-state index is 11.2. The number of nitrogens with one attached hydrogen (secondary N) is 1. The first-order chi connectivity index (χ1) is 13.8. The summed E-state index contributed by atoms with van der Waals surface area (Å²) in [6.07, 6.45) is 6.96. The zero-order valence-electron chi connectivity index (χ0n) is 17.3. The highest BCUT2D eigenvalue weighted by Crippen LogP contribution is 2.31. The number of likely N-dealkylation sites (tertiary alicyclic amines) is 1. The van der Waals surface area contributed by atoms with E-state index in [9.17, 15) is 5.11 Å². The van der Waals surface area contributed by atoms with Gasteiger partial charge in [-0.05, 0) is 48.9 Å². The fourth-order valence-electron chi connectivity index (χ4n) is 4.21. The molecule has 152 valence electrons. The largest absolute Gasteiger partial charge is 0.494 e. The van der Waals surface area contributed by atoms with E-state index in [1.807, 2.05) is 30.3 Å². The average molecular weight is 383 g/mol. The molecule has 1 aliphatic rings. The molecule has 1 heterocycles. The fourth-order valence-corrected chi connectivity index (χ4v) is 4.21. The van der Waals surface area contributed by atoms with Crippen molar-refractivity contribution in [3.63, 3.8) is 0 Å². The maximum absolute atomic E-state index is 11.2. The highest BCUT2D eigenvalue weighted by molar-refractivity contribution is 5.31. The van der Waals surface area contributed by atoms with Crippen LogP contribution in [0.5, 0.6) is 5.75 Å². The van der Waals surface area contributed by atoms with Gasteiger partial charge in [0.15, 0.2) is 0 Å². The third-order valence-corrected chi connectivity index (χ3v) is 5.92. The van der Waals surface area contributed by atoms with Gasteiger partial charge in [-0.25, -0.2) is 0 Å². The Morgan fingerprint density at radius 1 is 0.893 bits per heavy atom. The van der Waals surface area contributed by atoms with Gasteiger partial charge in [0.1, 0.15) is 5.75 Å². The van der Waals surface area contributed by atoms with Crippen LogP contribution < -0.4 is 9.64 Å². The van der Waals surface area contributed by atoms with Crippen LogP contribution in [-0.2, 0) is 0 Å². The van der Waals surface area contributed by atoms with E-state index in [4.69, 9.17) is 4.74 Å². The SMILES string of the molecule is CCCCCOc1ccc([C@@H](O)[C@H](C[NH+]2CCCCC2)c2ccccc2)cc1. The number of aliphatic hydroxyl groups is 1. The normalized spacial score (nSPS) is 17.2. The van der Waals surface area contributed by atoms with Gasteiger partial charge in [-0.1, -0.05) is 62.2 Å². The second-order valence-electron chi connectivity index (χ2n) is 8.10. The molecule has 0 aliphatic carbocycles. The predicted octanol–water partition coefficient (Wildman–Crippen LogP) is 4.14. The number of piperidine rings is 1. The van der Waals surface area contributed by atoms with Crippen molar-refractivity contribution in [1.82, 2.24) is 0 Å². The van der Waals surface area contributed by atoms with E-state index < -0.39 is 6.10 Å². The van der Waals surface area contributed by atoms with Crippen LogP contribution in [0.1, 0.15) is 68.6 Å². The molecule has 0 bridgehead atoms. The van der Waals surface area contributed by atoms with Crippen molar-refractivity contribution < 1.29 is 14.7 Å². The maximum Gasteiger partial charge on any atom is 0.119 e. The summed E-state index contributed by atoms with van der Waals surface area (Å²) in [6, 6.07) is 18.6. The van der Waals surface area contributed by atoms with Gasteiger partial charge in [-0.15, -0.1) is 0 Å². The third-order valence-electron chi connectivity index (χ3n) is 5.92. The Bertz CT molecular complexity index is 665. The van der Waals surface area contributed by atoms with Crippen LogP contribution in [0.15, 0.2) is 54.6 Å². The first kappa shape index (κ1) is 20.9. The first-order valence-electron chi connectivity index (χ1n) is 11.1. The molecule has 1 fully saturated rings. The third kappa shape index (κ3) is 6.08. The Balaban J connectivity index is 1.68. The minimum absolute atomic E-state index is 0.116. The van der Waals surface area contributed by atoms with E-state index in [2.05, 4.69) is 31.2 Å². The molecule has 2 aromatic rings. The molecule has 0 aromatic heterocycles. The zero-order chi connectivity index (χ0) is 19.6. The summed E-state index contributed by atoms with van der Waals surface area (Å²) in [5.41, 5.74) is 2.21. The van der Waals surface area contributed by atoms with Gasteiger partial charge in [0.25, 0.3) is 0 Å². The number of ether oxygens (including phenoxy) is 1. The second kappa shape index (κ2) is 11.2. The zero-order valence-corrected chi connectivity index (χ0v) is 17.3. The van der Waals surface area contributed by atoms with E-state index >= 15 is 0 Å². The molecule has 3 heteroatoms. The summed E-state index contributed by atoms with van der Waals surface area (Å²) in [5.74, 6) is 1.01. The Labute approximate surface area is 170 Å². The van der Waals surface area contributed by atoms with E-state index in [-0.39, 0.29) is 5.92 Å². The second-order valence-corrected chi connectivity index (χ2v) is 8.10. The van der Waals surface area contributed by atoms with E-state index in [0.29, 0.717) is 0 Å². The predicted molar refractivity (Wildman–Crippen MR) is 115 cm³/mol. The minimum Gasteiger partial charge on any atom is -0.494 e. The summed E-state index contributed by atoms with van der Waals surface area (Å²) in [6.45, 7) is 6.40. The van der Waals surface area contributed by atoms with Crippen molar-refractivity contribution in [2.45, 2.75) is 57.5 Å². The highest BCUT2D eigenvalue weighted by atomic mass is 16.5. The van der Waals surface area contributed by atoms with Gasteiger partial charge in [0, 0.05) is 0 Å². The number of rotatable bonds is 10. The number of hydrogen-bond donors (Lipinski definition) is 2. The number of quaternary nitrogens is 1. The molecule has 3 nitrogen and oxygen atoms in total. The molecule has 0 unspecified atom stereocenters. The van der Waals surface area contributed by atoms with Crippen LogP contribution in [0.3, 0.4) is 0 Å². The summed E-state index contributed by atoms with van der Waals surface area (Å²) < 4.78 is 5.82. The highest BCUT2D eigenvalue weighted by Gasteiger charge is 2.28. The molecule has 1 aliphatic heterocycles. The van der Waals surface area contributed by atoms with Crippen LogP contribution >= 0.6 is 0 Å². The quantitative estimate of drug-likeness (QED) is 0.606. The Morgan fingerprint density at radius 3 is 2.29 bits per heavy atom. The van der Waals surface area contributed by atoms with Crippen molar-refractivity contribution >= 4 is 0 Å². The van der Waals surface area contributed by atoms with Gasteiger partial charge in [0.05, 0.1) is 38.3 Å². The Kier molecular flexibility index (Phi) is 8.38. The van der Waals surface area contributed by atoms with Gasteiger partial charge in [-0.2, -0.15) is 0 Å². The molecule has 0 amide bonds. The van der Waals surface area contributed by atoms with E-state index in [1.165, 1.54) is 50.8 Å². The molecule has 1 saturated heterocycles. The molecule has 0 spiro atoms. The van der Waals surface area contributed by atoms with E-state index in [1.54, 1.807) is 4.90 Å². The fraction of sp³-hybridized carbons (Fsp3) is 0.520. The molecular formula is C25H36NO2+. The Morgan fingerprint density at radius 2 is 1.61 bits per heavy atom. The molecule has 3 rings (SSSR count). The van der Waals surface area contributed by atoms with Crippen molar-refractivity contribution in [3.05, 3.63) is 65.7 Å². The monoisotopic (exact) mass is 382 g/mol. The first-order valence-corrected chi connectivity index (χ1v) is 11.1. The number of unbranched alkanes of at least 4 members (excludes halogenated alkanes) is 2. The molecule has 28 heavy (non-hydrogen) atoms. The molecule has 2 atom stereocenters. The number of hydrogen-bond acceptors (Lipinski definition) is 2. The summed E-state index contributed by atoms with van der Waals surface area (Å²) in [7, 11) is 0. The van der Waals surface area contributed by atoms with Crippen molar-refractivity contribution in [3.8, 4) is 5.75 Å². The molecular weight excluding hydrogens is 346 g/mol. The van der Waals surface area contributed by atoms with Crippen LogP contribution in [0.25, 0.3) is 0 Å². The van der Waals surface area contributed by atoms with Crippen LogP contribution in [0.4, 0.5) is 0 Å². The number of aliphatic hydroxyl groups excluding tert-OH is 1. The lowest BCUT2D eigenvalue weighted by Gasteiger charge is -2.30. The van der Waals surface area contributed by atoms with Crippen molar-refractivity contribution in [2.24, 2.45) is 0 Å². The van der Waals surface area contributed by atoms with Crippen LogP contribution in [0, 0.1) is 0 Å². The molecule has 2 N–H and O–H groups in total. The minimum atomic E-state index is -0.494. The smallest absolute Gasteiger partial charge is 0.119 e. The lowest BCUT2D eigenvalue weighted by molar-refractivity contribution is -0.906. The van der Waals surface area contributed by atoms with Crippen molar-refractivity contribution in [2.75, 3.05) is 26.2 Å². The van der Waals surface area contributed by atoms with E-state index in [0.717, 1.165) is 30.9 Å². The van der Waals surface area contributed by atoms with Crippen LogP contribution in [0.2, 0.25) is 0 Å². The number of benzene rings is 2. The lowest BCUT2D eigenvalue weighted by Crippen LogP contribution is -3.13. The summed E-state index contributed by atoms with van der Waals surface area (Å²) in [5, 5.41) is 11.2. The average Bonchev–Trinajstić information content (AvgIpc) is 2.76. The van der Waals surface area contributed by atoms with Gasteiger partial charge in [-0.3, -0.25) is 0 Å². The Hall–Kier alpha value is -1.84. The van der Waals surface area contributed by atoms with Gasteiger partial charge >= 0.3 is 0 Å².